The van der Waals surface area contributed by atoms with E-state index in [0.29, 0.717) is 0 Å². The Labute approximate surface area is 88.6 Å². The van der Waals surface area contributed by atoms with Gasteiger partial charge in [0.25, 0.3) is 0 Å². The molecule has 2 heteroatoms. The van der Waals surface area contributed by atoms with Gasteiger partial charge in [-0.05, 0) is 31.8 Å². The third-order valence-electron chi connectivity index (χ3n) is 3.28. The fraction of sp³-hybridized carbons (Fsp3) is 1.00. The first-order valence-electron chi connectivity index (χ1n) is 6.08. The second-order valence-electron chi connectivity index (χ2n) is 4.42. The number of rotatable bonds is 6. The van der Waals surface area contributed by atoms with Crippen molar-refractivity contribution in [3.8, 4) is 0 Å². The molecule has 84 valence electrons. The van der Waals surface area contributed by atoms with Crippen molar-refractivity contribution in [2.24, 2.45) is 5.92 Å². The van der Waals surface area contributed by atoms with Gasteiger partial charge >= 0.3 is 0 Å². The molecule has 0 radical (unpaired) electrons. The molecule has 0 bridgehead atoms. The number of hydrogen-bond donors (Lipinski definition) is 0. The average molecular weight is 199 g/mol. The molecule has 1 rings (SSSR count). The molecule has 0 unspecified atom stereocenters. The number of ether oxygens (including phenoxy) is 1. The van der Waals surface area contributed by atoms with E-state index in [2.05, 4.69) is 11.8 Å². The minimum absolute atomic E-state index is 0.889. The third kappa shape index (κ3) is 4.43. The average Bonchev–Trinajstić information content (AvgIpc) is 2.25. The molecular formula is C12H25NO. The van der Waals surface area contributed by atoms with Crippen molar-refractivity contribution in [3.05, 3.63) is 0 Å². The van der Waals surface area contributed by atoms with Crippen LogP contribution in [0.15, 0.2) is 0 Å². The van der Waals surface area contributed by atoms with Crippen molar-refractivity contribution in [1.82, 2.24) is 4.90 Å². The molecular weight excluding hydrogens is 174 g/mol. The van der Waals surface area contributed by atoms with E-state index in [1.165, 1.54) is 45.2 Å². The van der Waals surface area contributed by atoms with E-state index < -0.39 is 0 Å². The SMILES string of the molecule is CCCCC1CCN(CCOC)CC1. The van der Waals surface area contributed by atoms with Crippen LogP contribution in [0.1, 0.15) is 39.0 Å². The molecule has 0 aromatic rings. The van der Waals surface area contributed by atoms with E-state index in [1.54, 1.807) is 7.11 Å². The lowest BCUT2D eigenvalue weighted by molar-refractivity contribution is 0.118. The van der Waals surface area contributed by atoms with Crippen molar-refractivity contribution in [2.75, 3.05) is 33.4 Å². The maximum atomic E-state index is 5.09. The Bertz CT molecular complexity index is 114. The van der Waals surface area contributed by atoms with Gasteiger partial charge in [-0.3, -0.25) is 0 Å². The summed E-state index contributed by atoms with van der Waals surface area (Å²) in [5, 5.41) is 0. The summed E-state index contributed by atoms with van der Waals surface area (Å²) >= 11 is 0. The molecule has 0 amide bonds. The van der Waals surface area contributed by atoms with Crippen LogP contribution < -0.4 is 0 Å². The zero-order chi connectivity index (χ0) is 10.2. The number of hydrogen-bond acceptors (Lipinski definition) is 2. The van der Waals surface area contributed by atoms with Crippen molar-refractivity contribution in [1.29, 1.82) is 0 Å². The van der Waals surface area contributed by atoms with Crippen molar-refractivity contribution in [2.45, 2.75) is 39.0 Å². The van der Waals surface area contributed by atoms with Crippen LogP contribution in [-0.4, -0.2) is 38.3 Å². The van der Waals surface area contributed by atoms with E-state index in [-0.39, 0.29) is 0 Å². The number of methoxy groups -OCH3 is 1. The molecule has 1 aliphatic rings. The smallest absolute Gasteiger partial charge is 0.0589 e. The zero-order valence-corrected chi connectivity index (χ0v) is 9.80. The van der Waals surface area contributed by atoms with Gasteiger partial charge in [0.15, 0.2) is 0 Å². The first kappa shape index (κ1) is 12.0. The van der Waals surface area contributed by atoms with Gasteiger partial charge in [-0.1, -0.05) is 26.2 Å². The molecule has 14 heavy (non-hydrogen) atoms. The Morgan fingerprint density at radius 2 is 2.00 bits per heavy atom. The predicted molar refractivity (Wildman–Crippen MR) is 60.6 cm³/mol. The standard InChI is InChI=1S/C12H25NO/c1-3-4-5-12-6-8-13(9-7-12)10-11-14-2/h12H,3-11H2,1-2H3. The number of unbranched alkanes of at least 4 members (excludes halogenated alkanes) is 1. The molecule has 1 fully saturated rings. The fourth-order valence-corrected chi connectivity index (χ4v) is 2.21. The highest BCUT2D eigenvalue weighted by molar-refractivity contribution is 4.71. The highest BCUT2D eigenvalue weighted by Crippen LogP contribution is 2.22. The predicted octanol–water partition coefficient (Wildman–Crippen LogP) is 2.54. The van der Waals surface area contributed by atoms with Gasteiger partial charge in [0.2, 0.25) is 0 Å². The summed E-state index contributed by atoms with van der Waals surface area (Å²) in [4.78, 5) is 2.53. The minimum Gasteiger partial charge on any atom is -0.383 e. The van der Waals surface area contributed by atoms with E-state index >= 15 is 0 Å². The Hall–Kier alpha value is -0.0800. The van der Waals surface area contributed by atoms with Gasteiger partial charge < -0.3 is 9.64 Å². The van der Waals surface area contributed by atoms with E-state index in [9.17, 15) is 0 Å². The molecule has 0 saturated carbocycles. The van der Waals surface area contributed by atoms with Gasteiger partial charge in [-0.15, -0.1) is 0 Å². The highest BCUT2D eigenvalue weighted by atomic mass is 16.5. The number of piperidine rings is 1. The molecule has 0 aromatic heterocycles. The lowest BCUT2D eigenvalue weighted by atomic mass is 9.92. The van der Waals surface area contributed by atoms with Crippen LogP contribution in [0.4, 0.5) is 0 Å². The molecule has 1 saturated heterocycles. The summed E-state index contributed by atoms with van der Waals surface area (Å²) in [6.45, 7) is 6.87. The molecule has 0 atom stereocenters. The van der Waals surface area contributed by atoms with Gasteiger partial charge in [-0.2, -0.15) is 0 Å². The van der Waals surface area contributed by atoms with E-state index in [4.69, 9.17) is 4.74 Å². The summed E-state index contributed by atoms with van der Waals surface area (Å²) < 4.78 is 5.09. The van der Waals surface area contributed by atoms with Crippen LogP contribution in [0.3, 0.4) is 0 Å². The maximum absolute atomic E-state index is 5.09. The summed E-state index contributed by atoms with van der Waals surface area (Å²) in [7, 11) is 1.79. The van der Waals surface area contributed by atoms with Crippen LogP contribution >= 0.6 is 0 Å². The third-order valence-corrected chi connectivity index (χ3v) is 3.28. The normalized spacial score (nSPS) is 20.1. The van der Waals surface area contributed by atoms with E-state index in [0.717, 1.165) is 19.1 Å². The Kier molecular flexibility index (Phi) is 6.20. The second kappa shape index (κ2) is 7.24. The number of nitrogens with zero attached hydrogens (tertiary/aromatic N) is 1. The molecule has 0 aliphatic carbocycles. The summed E-state index contributed by atoms with van der Waals surface area (Å²) in [6.07, 6.45) is 7.04. The molecule has 2 nitrogen and oxygen atoms in total. The van der Waals surface area contributed by atoms with Crippen LogP contribution in [0, 0.1) is 5.92 Å². The lowest BCUT2D eigenvalue weighted by Gasteiger charge is -2.31. The van der Waals surface area contributed by atoms with E-state index in [1.807, 2.05) is 0 Å². The quantitative estimate of drug-likeness (QED) is 0.652. The van der Waals surface area contributed by atoms with Crippen molar-refractivity contribution >= 4 is 0 Å². The number of likely N-dealkylation sites (tertiary alicyclic amines) is 1. The first-order valence-corrected chi connectivity index (χ1v) is 6.08. The summed E-state index contributed by atoms with van der Waals surface area (Å²) in [5.41, 5.74) is 0. The molecule has 0 spiro atoms. The molecule has 1 heterocycles. The molecule has 1 aliphatic heterocycles. The largest absolute Gasteiger partial charge is 0.383 e. The Morgan fingerprint density at radius 1 is 1.29 bits per heavy atom. The van der Waals surface area contributed by atoms with Crippen LogP contribution in [0.2, 0.25) is 0 Å². The van der Waals surface area contributed by atoms with Crippen LogP contribution in [0.5, 0.6) is 0 Å². The van der Waals surface area contributed by atoms with Gasteiger partial charge in [-0.25, -0.2) is 0 Å². The van der Waals surface area contributed by atoms with Gasteiger partial charge in [0, 0.05) is 13.7 Å². The second-order valence-corrected chi connectivity index (χ2v) is 4.42. The maximum Gasteiger partial charge on any atom is 0.0589 e. The first-order chi connectivity index (χ1) is 6.86. The lowest BCUT2D eigenvalue weighted by Crippen LogP contribution is -2.35. The van der Waals surface area contributed by atoms with Crippen LogP contribution in [0.25, 0.3) is 0 Å². The fourth-order valence-electron chi connectivity index (χ4n) is 2.21. The van der Waals surface area contributed by atoms with Crippen LogP contribution in [-0.2, 0) is 4.74 Å². The summed E-state index contributed by atoms with van der Waals surface area (Å²) in [6, 6.07) is 0. The van der Waals surface area contributed by atoms with Gasteiger partial charge in [0.05, 0.1) is 6.61 Å². The van der Waals surface area contributed by atoms with Crippen molar-refractivity contribution in [3.63, 3.8) is 0 Å². The topological polar surface area (TPSA) is 12.5 Å². The summed E-state index contributed by atoms with van der Waals surface area (Å²) in [5.74, 6) is 1.01. The molecule has 0 N–H and O–H groups in total. The highest BCUT2D eigenvalue weighted by Gasteiger charge is 2.17. The minimum atomic E-state index is 0.889. The molecule has 0 aromatic carbocycles. The zero-order valence-electron chi connectivity index (χ0n) is 9.80. The Balaban J connectivity index is 2.05. The monoisotopic (exact) mass is 199 g/mol. The van der Waals surface area contributed by atoms with Crippen molar-refractivity contribution < 1.29 is 4.74 Å². The van der Waals surface area contributed by atoms with Gasteiger partial charge in [0.1, 0.15) is 0 Å². The Morgan fingerprint density at radius 3 is 2.57 bits per heavy atom.